The fourth-order valence-electron chi connectivity index (χ4n) is 5.60. The van der Waals surface area contributed by atoms with Gasteiger partial charge in [0, 0.05) is 18.4 Å². The van der Waals surface area contributed by atoms with Crippen LogP contribution in [0.1, 0.15) is 17.5 Å². The van der Waals surface area contributed by atoms with E-state index in [9.17, 15) is 15.4 Å². The van der Waals surface area contributed by atoms with E-state index in [1.807, 2.05) is 12.1 Å². The molecule has 6 heteroatoms. The molecule has 6 nitrogen and oxygen atoms in total. The molecule has 1 aromatic carbocycles. The van der Waals surface area contributed by atoms with Crippen molar-refractivity contribution < 1.29 is 24.3 Å². The number of hydroxylamine groups is 3. The Morgan fingerprint density at radius 1 is 1.42 bits per heavy atom. The Morgan fingerprint density at radius 3 is 2.96 bits per heavy atom. The van der Waals surface area contributed by atoms with Gasteiger partial charge in [-0.15, -0.1) is 0 Å². The molecular weight excluding hydrogens is 310 g/mol. The first-order chi connectivity index (χ1) is 11.3. The van der Waals surface area contributed by atoms with Crippen LogP contribution in [0.3, 0.4) is 0 Å². The molecule has 6 atom stereocenters. The van der Waals surface area contributed by atoms with Gasteiger partial charge in [0.1, 0.15) is 23.9 Å². The predicted molar refractivity (Wildman–Crippen MR) is 85.7 cm³/mol. The average molecular weight is 331 g/mol. The standard InChI is InChI=1S/C18H21NO5/c1-19(22)8-7-17-14-10-3-4-12(23-2)15(14)24-16(17)11(20)5-6-18(17,21)13(19)9-10/h3-6,11,13,16,20-21H,7-9H2,1-2H3/t11-,13?,16-,17-,18?,19?/m0/s1. The zero-order chi connectivity index (χ0) is 16.9. The van der Waals surface area contributed by atoms with Crippen molar-refractivity contribution in [2.45, 2.75) is 42.1 Å². The Hall–Kier alpha value is -1.60. The van der Waals surface area contributed by atoms with Gasteiger partial charge in [-0.3, -0.25) is 0 Å². The summed E-state index contributed by atoms with van der Waals surface area (Å²) >= 11 is 0. The van der Waals surface area contributed by atoms with Crippen LogP contribution in [0.4, 0.5) is 0 Å². The van der Waals surface area contributed by atoms with E-state index in [4.69, 9.17) is 9.47 Å². The summed E-state index contributed by atoms with van der Waals surface area (Å²) in [5.41, 5.74) is -0.166. The minimum Gasteiger partial charge on any atom is -0.633 e. The molecule has 3 unspecified atom stereocenters. The van der Waals surface area contributed by atoms with Crippen LogP contribution in [-0.4, -0.2) is 59.4 Å². The summed E-state index contributed by atoms with van der Waals surface area (Å²) in [6.07, 6.45) is 2.76. The van der Waals surface area contributed by atoms with E-state index in [1.165, 1.54) is 0 Å². The zero-order valence-corrected chi connectivity index (χ0v) is 13.7. The van der Waals surface area contributed by atoms with E-state index < -0.39 is 33.9 Å². The second-order valence-electron chi connectivity index (χ2n) is 7.68. The van der Waals surface area contributed by atoms with Gasteiger partial charge in [0.15, 0.2) is 11.5 Å². The minimum atomic E-state index is -1.32. The highest BCUT2D eigenvalue weighted by Gasteiger charge is 2.74. The number of quaternary nitrogens is 1. The van der Waals surface area contributed by atoms with Crippen molar-refractivity contribution in [3.8, 4) is 11.5 Å². The van der Waals surface area contributed by atoms with Gasteiger partial charge in [-0.2, -0.15) is 0 Å². The lowest BCUT2D eigenvalue weighted by Crippen LogP contribution is -2.78. The lowest BCUT2D eigenvalue weighted by molar-refractivity contribution is -0.902. The number of likely N-dealkylation sites (N-methyl/N-ethyl adjacent to an activating group) is 1. The quantitative estimate of drug-likeness (QED) is 0.448. The normalized spacial score (nSPS) is 47.1. The Morgan fingerprint density at radius 2 is 2.21 bits per heavy atom. The van der Waals surface area contributed by atoms with E-state index in [-0.39, 0.29) is 0 Å². The molecule has 2 bridgehead atoms. The van der Waals surface area contributed by atoms with Crippen molar-refractivity contribution in [2.75, 3.05) is 20.7 Å². The Balaban J connectivity index is 1.87. The molecule has 1 saturated heterocycles. The number of methoxy groups -OCH3 is 1. The monoisotopic (exact) mass is 331 g/mol. The van der Waals surface area contributed by atoms with E-state index in [2.05, 4.69) is 0 Å². The Labute approximate surface area is 140 Å². The number of hydrogen-bond acceptors (Lipinski definition) is 5. The molecule has 2 aliphatic heterocycles. The SMILES string of the molecule is COc1ccc2c3c1O[C@H]1[C@@H](O)C=CC4(O)C(C2)[N+](C)([O-])CC[C@]314. The number of nitrogens with zero attached hydrogens (tertiary/aromatic N) is 1. The lowest BCUT2D eigenvalue weighted by atomic mass is 9.50. The molecule has 2 heterocycles. The fourth-order valence-corrected chi connectivity index (χ4v) is 5.60. The van der Waals surface area contributed by atoms with Crippen molar-refractivity contribution in [1.82, 2.24) is 0 Å². The smallest absolute Gasteiger partial charge is 0.166 e. The maximum Gasteiger partial charge on any atom is 0.166 e. The first-order valence-electron chi connectivity index (χ1n) is 8.38. The molecule has 0 saturated carbocycles. The molecule has 0 amide bonds. The summed E-state index contributed by atoms with van der Waals surface area (Å²) in [6, 6.07) is 3.30. The minimum absolute atomic E-state index is 0.392. The van der Waals surface area contributed by atoms with E-state index in [1.54, 1.807) is 26.3 Å². The van der Waals surface area contributed by atoms with Crippen LogP contribution in [0, 0.1) is 5.21 Å². The molecule has 4 aliphatic rings. The van der Waals surface area contributed by atoms with Crippen LogP contribution >= 0.6 is 0 Å². The third kappa shape index (κ3) is 1.35. The topological polar surface area (TPSA) is 82.0 Å². The Kier molecular flexibility index (Phi) is 2.54. The molecule has 5 rings (SSSR count). The van der Waals surface area contributed by atoms with Gasteiger partial charge >= 0.3 is 0 Å². The van der Waals surface area contributed by atoms with Crippen molar-refractivity contribution in [2.24, 2.45) is 0 Å². The largest absolute Gasteiger partial charge is 0.633 e. The molecule has 128 valence electrons. The van der Waals surface area contributed by atoms with E-state index in [0.717, 1.165) is 11.1 Å². The number of hydrogen-bond donors (Lipinski definition) is 2. The summed E-state index contributed by atoms with van der Waals surface area (Å²) in [5.74, 6) is 1.22. The van der Waals surface area contributed by atoms with Crippen LogP contribution in [0.5, 0.6) is 11.5 Å². The predicted octanol–water partition coefficient (Wildman–Crippen LogP) is 0.629. The number of rotatable bonds is 1. The number of aliphatic hydroxyl groups excluding tert-OH is 1. The van der Waals surface area contributed by atoms with Crippen LogP contribution in [-0.2, 0) is 11.8 Å². The third-order valence-electron chi connectivity index (χ3n) is 6.71. The highest BCUT2D eigenvalue weighted by molar-refractivity contribution is 5.64. The van der Waals surface area contributed by atoms with Gasteiger partial charge in [-0.05, 0) is 17.7 Å². The van der Waals surface area contributed by atoms with Gasteiger partial charge in [0.25, 0.3) is 0 Å². The van der Waals surface area contributed by atoms with Crippen LogP contribution < -0.4 is 9.47 Å². The van der Waals surface area contributed by atoms with Gasteiger partial charge in [0.05, 0.1) is 26.1 Å². The summed E-state index contributed by atoms with van der Waals surface area (Å²) < 4.78 is 11.1. The second-order valence-corrected chi connectivity index (χ2v) is 7.68. The number of piperidine rings is 1. The Bertz CT molecular complexity index is 775. The van der Waals surface area contributed by atoms with Gasteiger partial charge in [0.2, 0.25) is 0 Å². The first-order valence-corrected chi connectivity index (χ1v) is 8.38. The van der Waals surface area contributed by atoms with Gasteiger partial charge in [-0.25, -0.2) is 0 Å². The molecule has 0 aromatic heterocycles. The van der Waals surface area contributed by atoms with Crippen LogP contribution in [0.15, 0.2) is 24.3 Å². The maximum atomic E-state index is 13.1. The van der Waals surface area contributed by atoms with Gasteiger partial charge < -0.3 is 29.5 Å². The van der Waals surface area contributed by atoms with Crippen molar-refractivity contribution in [3.05, 3.63) is 40.6 Å². The van der Waals surface area contributed by atoms with E-state index >= 15 is 0 Å². The van der Waals surface area contributed by atoms with Crippen LogP contribution in [0.2, 0.25) is 0 Å². The van der Waals surface area contributed by atoms with Crippen molar-refractivity contribution >= 4 is 0 Å². The van der Waals surface area contributed by atoms with Crippen LogP contribution in [0.25, 0.3) is 0 Å². The number of ether oxygens (including phenoxy) is 2. The summed E-state index contributed by atoms with van der Waals surface area (Å²) in [7, 11) is 3.22. The third-order valence-corrected chi connectivity index (χ3v) is 6.71. The van der Waals surface area contributed by atoms with Crippen molar-refractivity contribution in [3.63, 3.8) is 0 Å². The maximum absolute atomic E-state index is 13.1. The lowest BCUT2D eigenvalue weighted by Gasteiger charge is -2.65. The molecule has 0 radical (unpaired) electrons. The molecule has 1 fully saturated rings. The summed E-state index contributed by atoms with van der Waals surface area (Å²) in [5, 5.41) is 35.3. The highest BCUT2D eigenvalue weighted by atomic mass is 16.6. The number of benzene rings is 1. The molecule has 1 aromatic rings. The van der Waals surface area contributed by atoms with E-state index in [0.29, 0.717) is 30.9 Å². The first kappa shape index (κ1) is 14.7. The average Bonchev–Trinajstić information content (AvgIpc) is 2.90. The second kappa shape index (κ2) is 4.14. The van der Waals surface area contributed by atoms with Crippen molar-refractivity contribution in [1.29, 1.82) is 0 Å². The molecule has 2 aliphatic carbocycles. The highest BCUT2D eigenvalue weighted by Crippen LogP contribution is 2.64. The summed E-state index contributed by atoms with van der Waals surface area (Å²) in [6.45, 7) is 0.392. The summed E-state index contributed by atoms with van der Waals surface area (Å²) in [4.78, 5) is 0. The zero-order valence-electron chi connectivity index (χ0n) is 13.7. The number of likely N-dealkylation sites (tertiary alicyclic amines) is 1. The fraction of sp³-hybridized carbons (Fsp3) is 0.556. The molecular formula is C18H21NO5. The molecule has 1 spiro atoms. The van der Waals surface area contributed by atoms with Gasteiger partial charge in [-0.1, -0.05) is 12.1 Å². The molecule has 2 N–H and O–H groups in total. The number of aliphatic hydroxyl groups is 2. The molecule has 24 heavy (non-hydrogen) atoms.